The third-order valence-electron chi connectivity index (χ3n) is 4.32. The zero-order chi connectivity index (χ0) is 13.9. The summed E-state index contributed by atoms with van der Waals surface area (Å²) in [5, 5.41) is 12.3. The van der Waals surface area contributed by atoms with Crippen LogP contribution in [0, 0.1) is 5.41 Å². The predicted octanol–water partition coefficient (Wildman–Crippen LogP) is 1.06. The van der Waals surface area contributed by atoms with Crippen molar-refractivity contribution in [3.05, 3.63) is 0 Å². The van der Waals surface area contributed by atoms with Crippen molar-refractivity contribution < 1.29 is 19.4 Å². The van der Waals surface area contributed by atoms with Crippen molar-refractivity contribution in [3.63, 3.8) is 0 Å². The van der Waals surface area contributed by atoms with Crippen LogP contribution in [0.5, 0.6) is 0 Å². The Hall–Kier alpha value is -1.30. The Bertz CT molecular complexity index is 355. The SMILES string of the molecule is CCC1(C(=O)O)CCN(C(=O)NC2CCOCC2)C1. The fourth-order valence-corrected chi connectivity index (χ4v) is 2.77. The summed E-state index contributed by atoms with van der Waals surface area (Å²) in [6, 6.07) is 0.0196. The van der Waals surface area contributed by atoms with Crippen LogP contribution in [0.2, 0.25) is 0 Å². The molecule has 19 heavy (non-hydrogen) atoms. The van der Waals surface area contributed by atoms with Crippen LogP contribution < -0.4 is 5.32 Å². The van der Waals surface area contributed by atoms with Gasteiger partial charge in [0.15, 0.2) is 0 Å². The highest BCUT2D eigenvalue weighted by molar-refractivity contribution is 5.79. The quantitative estimate of drug-likeness (QED) is 0.803. The van der Waals surface area contributed by atoms with Crippen LogP contribution in [0.1, 0.15) is 32.6 Å². The molecule has 2 rings (SSSR count). The minimum atomic E-state index is -0.795. The molecule has 6 nitrogen and oxygen atoms in total. The molecule has 0 aromatic carbocycles. The van der Waals surface area contributed by atoms with Crippen molar-refractivity contribution in [3.8, 4) is 0 Å². The number of hydrogen-bond donors (Lipinski definition) is 2. The van der Waals surface area contributed by atoms with E-state index < -0.39 is 11.4 Å². The lowest BCUT2D eigenvalue weighted by atomic mass is 9.84. The van der Waals surface area contributed by atoms with Crippen LogP contribution in [0.4, 0.5) is 4.79 Å². The Kier molecular flexibility index (Phi) is 4.29. The minimum absolute atomic E-state index is 0.136. The topological polar surface area (TPSA) is 78.9 Å². The van der Waals surface area contributed by atoms with Gasteiger partial charge in [-0.25, -0.2) is 4.79 Å². The Morgan fingerprint density at radius 2 is 2.11 bits per heavy atom. The third-order valence-corrected chi connectivity index (χ3v) is 4.32. The molecule has 1 atom stereocenters. The smallest absolute Gasteiger partial charge is 0.317 e. The first-order chi connectivity index (χ1) is 9.07. The van der Waals surface area contributed by atoms with Gasteiger partial charge in [-0.3, -0.25) is 4.79 Å². The number of nitrogens with one attached hydrogen (secondary N) is 1. The Balaban J connectivity index is 1.89. The molecule has 2 fully saturated rings. The third kappa shape index (κ3) is 3.00. The van der Waals surface area contributed by atoms with Crippen molar-refractivity contribution in [2.24, 2.45) is 5.41 Å². The van der Waals surface area contributed by atoms with E-state index in [1.165, 1.54) is 0 Å². The van der Waals surface area contributed by atoms with E-state index in [-0.39, 0.29) is 12.1 Å². The van der Waals surface area contributed by atoms with Gasteiger partial charge in [0.25, 0.3) is 0 Å². The highest BCUT2D eigenvalue weighted by Gasteiger charge is 2.44. The van der Waals surface area contributed by atoms with Crippen LogP contribution in [0.25, 0.3) is 0 Å². The molecular weight excluding hydrogens is 248 g/mol. The molecule has 0 spiro atoms. The fourth-order valence-electron chi connectivity index (χ4n) is 2.77. The molecule has 0 bridgehead atoms. The molecule has 0 aliphatic carbocycles. The molecule has 6 heteroatoms. The molecule has 2 amide bonds. The second-order valence-electron chi connectivity index (χ2n) is 5.45. The molecule has 1 unspecified atom stereocenters. The second kappa shape index (κ2) is 5.77. The molecule has 2 heterocycles. The number of ether oxygens (including phenoxy) is 1. The van der Waals surface area contributed by atoms with E-state index in [2.05, 4.69) is 5.32 Å². The minimum Gasteiger partial charge on any atom is -0.481 e. The summed E-state index contributed by atoms with van der Waals surface area (Å²) in [6.07, 6.45) is 2.76. The van der Waals surface area contributed by atoms with Crippen LogP contribution >= 0.6 is 0 Å². The zero-order valence-electron chi connectivity index (χ0n) is 11.4. The maximum Gasteiger partial charge on any atom is 0.317 e. The zero-order valence-corrected chi connectivity index (χ0v) is 11.4. The van der Waals surface area contributed by atoms with Crippen LogP contribution in [0.3, 0.4) is 0 Å². The molecule has 2 aliphatic heterocycles. The molecule has 2 N–H and O–H groups in total. The van der Waals surface area contributed by atoms with E-state index >= 15 is 0 Å². The van der Waals surface area contributed by atoms with Crippen molar-refractivity contribution in [1.82, 2.24) is 10.2 Å². The van der Waals surface area contributed by atoms with Gasteiger partial charge in [-0.15, -0.1) is 0 Å². The van der Waals surface area contributed by atoms with E-state index in [9.17, 15) is 14.7 Å². The number of carboxylic acid groups (broad SMARTS) is 1. The van der Waals surface area contributed by atoms with Gasteiger partial charge in [0.05, 0.1) is 5.41 Å². The van der Waals surface area contributed by atoms with Crippen LogP contribution in [-0.4, -0.2) is 54.4 Å². The monoisotopic (exact) mass is 270 g/mol. The summed E-state index contributed by atoms with van der Waals surface area (Å²) < 4.78 is 5.25. The van der Waals surface area contributed by atoms with Gasteiger partial charge in [-0.1, -0.05) is 6.92 Å². The standard InChI is InChI=1S/C13H22N2O4/c1-2-13(11(16)17)5-6-15(9-13)12(18)14-10-3-7-19-8-4-10/h10H,2-9H2,1H3,(H,14,18)(H,16,17). The number of carbonyl (C=O) groups excluding carboxylic acids is 1. The lowest BCUT2D eigenvalue weighted by molar-refractivity contribution is -0.148. The van der Waals surface area contributed by atoms with Crippen molar-refractivity contribution in [2.45, 2.75) is 38.6 Å². The molecule has 0 radical (unpaired) electrons. The first-order valence-electron chi connectivity index (χ1n) is 6.94. The number of hydrogen-bond acceptors (Lipinski definition) is 3. The molecule has 108 valence electrons. The molecule has 0 aromatic heterocycles. The Morgan fingerprint density at radius 1 is 1.42 bits per heavy atom. The summed E-state index contributed by atoms with van der Waals surface area (Å²) in [7, 11) is 0. The lowest BCUT2D eigenvalue weighted by Crippen LogP contribution is -2.47. The van der Waals surface area contributed by atoms with E-state index in [0.29, 0.717) is 39.1 Å². The van der Waals surface area contributed by atoms with Gasteiger partial charge in [0.1, 0.15) is 0 Å². The van der Waals surface area contributed by atoms with E-state index in [1.54, 1.807) is 4.90 Å². The highest BCUT2D eigenvalue weighted by Crippen LogP contribution is 2.34. The number of carbonyl (C=O) groups is 2. The summed E-state index contributed by atoms with van der Waals surface area (Å²) in [4.78, 5) is 25.1. The van der Waals surface area contributed by atoms with Crippen LogP contribution in [0.15, 0.2) is 0 Å². The van der Waals surface area contributed by atoms with Gasteiger partial charge in [0, 0.05) is 32.3 Å². The summed E-state index contributed by atoms with van der Waals surface area (Å²) in [5.74, 6) is -0.795. The molecule has 2 aliphatic rings. The van der Waals surface area contributed by atoms with E-state index in [1.807, 2.05) is 6.92 Å². The molecular formula is C13H22N2O4. The molecule has 0 saturated carbocycles. The maximum atomic E-state index is 12.1. The van der Waals surface area contributed by atoms with Crippen molar-refractivity contribution in [2.75, 3.05) is 26.3 Å². The average molecular weight is 270 g/mol. The van der Waals surface area contributed by atoms with Gasteiger partial charge in [-0.05, 0) is 25.7 Å². The number of amides is 2. The van der Waals surface area contributed by atoms with Crippen molar-refractivity contribution in [1.29, 1.82) is 0 Å². The van der Waals surface area contributed by atoms with Crippen molar-refractivity contribution >= 4 is 12.0 Å². The Labute approximate surface area is 113 Å². The first-order valence-corrected chi connectivity index (χ1v) is 6.94. The van der Waals surface area contributed by atoms with Gasteiger partial charge >= 0.3 is 12.0 Å². The Morgan fingerprint density at radius 3 is 2.63 bits per heavy atom. The first kappa shape index (κ1) is 14.1. The number of rotatable bonds is 3. The lowest BCUT2D eigenvalue weighted by Gasteiger charge is -2.27. The van der Waals surface area contributed by atoms with Gasteiger partial charge < -0.3 is 20.1 Å². The van der Waals surface area contributed by atoms with E-state index in [0.717, 1.165) is 12.8 Å². The highest BCUT2D eigenvalue weighted by atomic mass is 16.5. The average Bonchev–Trinajstić information content (AvgIpc) is 2.86. The molecule has 2 saturated heterocycles. The van der Waals surface area contributed by atoms with Gasteiger partial charge in [-0.2, -0.15) is 0 Å². The number of likely N-dealkylation sites (tertiary alicyclic amines) is 1. The summed E-state index contributed by atoms with van der Waals surface area (Å²) in [6.45, 7) is 4.06. The summed E-state index contributed by atoms with van der Waals surface area (Å²) in [5.41, 5.74) is -0.757. The predicted molar refractivity (Wildman–Crippen MR) is 68.9 cm³/mol. The maximum absolute atomic E-state index is 12.1. The summed E-state index contributed by atoms with van der Waals surface area (Å²) >= 11 is 0. The largest absolute Gasteiger partial charge is 0.481 e. The van der Waals surface area contributed by atoms with Crippen LogP contribution in [-0.2, 0) is 9.53 Å². The normalized spacial score (nSPS) is 28.4. The second-order valence-corrected chi connectivity index (χ2v) is 5.45. The number of aliphatic carboxylic acids is 1. The number of carboxylic acids is 1. The van der Waals surface area contributed by atoms with E-state index in [4.69, 9.17) is 4.74 Å². The fraction of sp³-hybridized carbons (Fsp3) is 0.846. The number of urea groups is 1. The van der Waals surface area contributed by atoms with Gasteiger partial charge in [0.2, 0.25) is 0 Å². The molecule has 0 aromatic rings. The number of nitrogens with zero attached hydrogens (tertiary/aromatic N) is 1.